The Balaban J connectivity index is 1.96. The van der Waals surface area contributed by atoms with Crippen LogP contribution in [0.2, 0.25) is 0 Å². The van der Waals surface area contributed by atoms with Gasteiger partial charge in [-0.25, -0.2) is 9.07 Å². The van der Waals surface area contributed by atoms with E-state index in [1.807, 2.05) is 10.7 Å². The highest BCUT2D eigenvalue weighted by Crippen LogP contribution is 2.36. The second kappa shape index (κ2) is 5.23. The summed E-state index contributed by atoms with van der Waals surface area (Å²) in [6, 6.07) is 13.1. The number of halogens is 1. The van der Waals surface area contributed by atoms with Crippen molar-refractivity contribution in [2.75, 3.05) is 11.9 Å². The summed E-state index contributed by atoms with van der Waals surface area (Å²) in [7, 11) is 0. The number of nitrogens with one attached hydrogen (secondary N) is 1. The number of rotatable bonds is 2. The van der Waals surface area contributed by atoms with Gasteiger partial charge >= 0.3 is 0 Å². The second-order valence-corrected chi connectivity index (χ2v) is 6.03. The summed E-state index contributed by atoms with van der Waals surface area (Å²) in [5.74, 6) is 0.754. The summed E-state index contributed by atoms with van der Waals surface area (Å²) in [4.78, 5) is 0. The number of aryl methyl sites for hydroxylation is 2. The van der Waals surface area contributed by atoms with Crippen LogP contribution >= 0.6 is 0 Å². The molecular weight excluding hydrogens is 289 g/mol. The van der Waals surface area contributed by atoms with Gasteiger partial charge in [-0.1, -0.05) is 24.3 Å². The van der Waals surface area contributed by atoms with Gasteiger partial charge in [-0.15, -0.1) is 0 Å². The first-order valence-corrected chi connectivity index (χ1v) is 7.83. The molecule has 2 heterocycles. The summed E-state index contributed by atoms with van der Waals surface area (Å²) in [5.41, 5.74) is 5.77. The molecule has 4 rings (SSSR count). The summed E-state index contributed by atoms with van der Waals surface area (Å²) < 4.78 is 16.2. The molecule has 1 N–H and O–H groups in total. The van der Waals surface area contributed by atoms with Gasteiger partial charge in [-0.05, 0) is 49.6 Å². The molecule has 116 valence electrons. The molecule has 0 aliphatic carbocycles. The van der Waals surface area contributed by atoms with Crippen LogP contribution in [0.1, 0.15) is 16.7 Å². The lowest BCUT2D eigenvalue weighted by Gasteiger charge is -2.10. The van der Waals surface area contributed by atoms with Crippen molar-refractivity contribution in [3.8, 4) is 16.9 Å². The van der Waals surface area contributed by atoms with Crippen molar-refractivity contribution >= 4 is 5.82 Å². The zero-order chi connectivity index (χ0) is 16.0. The highest BCUT2D eigenvalue weighted by molar-refractivity contribution is 5.73. The van der Waals surface area contributed by atoms with E-state index in [1.54, 1.807) is 12.1 Å². The van der Waals surface area contributed by atoms with Gasteiger partial charge in [-0.3, -0.25) is 0 Å². The minimum absolute atomic E-state index is 0.229. The first kappa shape index (κ1) is 14.0. The van der Waals surface area contributed by atoms with Crippen LogP contribution in [0, 0.1) is 19.7 Å². The van der Waals surface area contributed by atoms with Crippen molar-refractivity contribution in [2.45, 2.75) is 20.3 Å². The fraction of sp³-hybridized carbons (Fsp3) is 0.211. The Morgan fingerprint density at radius 1 is 1.13 bits per heavy atom. The molecule has 1 aliphatic heterocycles. The molecule has 2 aromatic carbocycles. The van der Waals surface area contributed by atoms with Crippen molar-refractivity contribution < 1.29 is 4.39 Å². The third-order valence-electron chi connectivity index (χ3n) is 4.37. The smallest absolute Gasteiger partial charge is 0.133 e. The van der Waals surface area contributed by atoms with Gasteiger partial charge in [-0.2, -0.15) is 5.10 Å². The van der Waals surface area contributed by atoms with Gasteiger partial charge in [0.25, 0.3) is 0 Å². The van der Waals surface area contributed by atoms with Crippen LogP contribution in [0.5, 0.6) is 0 Å². The molecule has 3 nitrogen and oxygen atoms in total. The van der Waals surface area contributed by atoms with Crippen molar-refractivity contribution in [2.24, 2.45) is 0 Å². The number of hydrogen-bond donors (Lipinski definition) is 1. The predicted molar refractivity (Wildman–Crippen MR) is 90.6 cm³/mol. The Morgan fingerprint density at radius 3 is 2.78 bits per heavy atom. The van der Waals surface area contributed by atoms with Crippen molar-refractivity contribution in [3.63, 3.8) is 0 Å². The topological polar surface area (TPSA) is 29.9 Å². The van der Waals surface area contributed by atoms with E-state index < -0.39 is 0 Å². The molecule has 1 aliphatic rings. The molecule has 0 atom stereocenters. The van der Waals surface area contributed by atoms with Crippen LogP contribution in [0.4, 0.5) is 10.2 Å². The van der Waals surface area contributed by atoms with Gasteiger partial charge in [0.1, 0.15) is 17.3 Å². The number of anilines is 1. The van der Waals surface area contributed by atoms with E-state index in [9.17, 15) is 4.39 Å². The average molecular weight is 307 g/mol. The van der Waals surface area contributed by atoms with Crippen LogP contribution in [0.15, 0.2) is 42.5 Å². The molecule has 0 saturated carbocycles. The van der Waals surface area contributed by atoms with Gasteiger partial charge in [0.2, 0.25) is 0 Å². The summed E-state index contributed by atoms with van der Waals surface area (Å²) in [5, 5.41) is 8.15. The minimum atomic E-state index is -0.229. The monoisotopic (exact) mass is 307 g/mol. The fourth-order valence-electron chi connectivity index (χ4n) is 3.17. The minimum Gasteiger partial charge on any atom is -0.369 e. The van der Waals surface area contributed by atoms with Crippen molar-refractivity contribution in [3.05, 3.63) is 65.0 Å². The van der Waals surface area contributed by atoms with Crippen molar-refractivity contribution in [1.82, 2.24) is 9.78 Å². The SMILES string of the molecule is Cc1ccc(C)c(-n2nc(-c3ccccc3F)c3c2NCC3)c1. The van der Waals surface area contributed by atoms with Gasteiger partial charge in [0.15, 0.2) is 0 Å². The van der Waals surface area contributed by atoms with Crippen LogP contribution in [-0.2, 0) is 6.42 Å². The number of aromatic nitrogens is 2. The third kappa shape index (κ3) is 2.22. The highest BCUT2D eigenvalue weighted by Gasteiger charge is 2.25. The number of benzene rings is 2. The fourth-order valence-corrected chi connectivity index (χ4v) is 3.17. The Hall–Kier alpha value is -2.62. The Labute approximate surface area is 134 Å². The lowest BCUT2D eigenvalue weighted by atomic mass is 10.1. The average Bonchev–Trinajstić information content (AvgIpc) is 3.13. The van der Waals surface area contributed by atoms with Crippen LogP contribution in [0.3, 0.4) is 0 Å². The molecule has 1 aromatic heterocycles. The molecular formula is C19H18FN3. The molecule has 4 heteroatoms. The normalized spacial score (nSPS) is 13.0. The van der Waals surface area contributed by atoms with Crippen LogP contribution < -0.4 is 5.32 Å². The van der Waals surface area contributed by atoms with Gasteiger partial charge < -0.3 is 5.32 Å². The molecule has 23 heavy (non-hydrogen) atoms. The zero-order valence-corrected chi connectivity index (χ0v) is 13.2. The van der Waals surface area contributed by atoms with E-state index in [2.05, 4.69) is 37.4 Å². The quantitative estimate of drug-likeness (QED) is 0.766. The number of hydrogen-bond acceptors (Lipinski definition) is 2. The van der Waals surface area contributed by atoms with E-state index in [0.717, 1.165) is 41.3 Å². The molecule has 3 aromatic rings. The van der Waals surface area contributed by atoms with Crippen LogP contribution in [0.25, 0.3) is 16.9 Å². The molecule has 0 bridgehead atoms. The highest BCUT2D eigenvalue weighted by atomic mass is 19.1. The molecule has 0 amide bonds. The van der Waals surface area contributed by atoms with Gasteiger partial charge in [0.05, 0.1) is 5.69 Å². The first-order valence-electron chi connectivity index (χ1n) is 7.83. The van der Waals surface area contributed by atoms with E-state index in [-0.39, 0.29) is 5.82 Å². The molecule has 0 spiro atoms. The van der Waals surface area contributed by atoms with Crippen LogP contribution in [-0.4, -0.2) is 16.3 Å². The first-order chi connectivity index (χ1) is 11.1. The van der Waals surface area contributed by atoms with E-state index >= 15 is 0 Å². The Bertz CT molecular complexity index is 896. The molecule has 0 fully saturated rings. The summed E-state index contributed by atoms with van der Waals surface area (Å²) >= 11 is 0. The lowest BCUT2D eigenvalue weighted by Crippen LogP contribution is -2.06. The van der Waals surface area contributed by atoms with E-state index in [1.165, 1.54) is 11.6 Å². The largest absolute Gasteiger partial charge is 0.369 e. The maximum absolute atomic E-state index is 14.2. The predicted octanol–water partition coefficient (Wildman–Crippen LogP) is 4.26. The summed E-state index contributed by atoms with van der Waals surface area (Å²) in [6.45, 7) is 5.00. The van der Waals surface area contributed by atoms with Gasteiger partial charge in [0, 0.05) is 17.7 Å². The maximum atomic E-state index is 14.2. The third-order valence-corrected chi connectivity index (χ3v) is 4.37. The Morgan fingerprint density at radius 2 is 1.96 bits per heavy atom. The molecule has 0 radical (unpaired) electrons. The summed E-state index contributed by atoms with van der Waals surface area (Å²) in [6.07, 6.45) is 0.865. The molecule has 0 saturated heterocycles. The molecule has 0 unspecified atom stereocenters. The number of nitrogens with zero attached hydrogens (tertiary/aromatic N) is 2. The standard InChI is InChI=1S/C19H18FN3/c1-12-7-8-13(2)17(11-12)23-19-15(9-10-21-19)18(22-23)14-5-3-4-6-16(14)20/h3-8,11,21H,9-10H2,1-2H3. The second-order valence-electron chi connectivity index (χ2n) is 6.03. The maximum Gasteiger partial charge on any atom is 0.133 e. The Kier molecular flexibility index (Phi) is 3.18. The van der Waals surface area contributed by atoms with Crippen molar-refractivity contribution in [1.29, 1.82) is 0 Å². The van der Waals surface area contributed by atoms with E-state index in [4.69, 9.17) is 5.10 Å². The lowest BCUT2D eigenvalue weighted by molar-refractivity contribution is 0.630. The zero-order valence-electron chi connectivity index (χ0n) is 13.2. The number of fused-ring (bicyclic) bond motifs is 1. The van der Waals surface area contributed by atoms with E-state index in [0.29, 0.717) is 5.56 Å².